The van der Waals surface area contributed by atoms with Crippen molar-refractivity contribution in [1.82, 2.24) is 21.2 Å². The molecule has 7 heteroatoms. The van der Waals surface area contributed by atoms with E-state index in [0.717, 1.165) is 5.56 Å². The Morgan fingerprint density at radius 1 is 0.926 bits per heavy atom. The van der Waals surface area contributed by atoms with E-state index in [1.807, 2.05) is 12.1 Å². The molecule has 0 unspecified atom stereocenters. The van der Waals surface area contributed by atoms with Gasteiger partial charge in [0.05, 0.1) is 0 Å². The summed E-state index contributed by atoms with van der Waals surface area (Å²) < 4.78 is 0. The zero-order valence-corrected chi connectivity index (χ0v) is 15.7. The van der Waals surface area contributed by atoms with Crippen LogP contribution in [0.2, 0.25) is 0 Å². The zero-order chi connectivity index (χ0) is 19.9. The van der Waals surface area contributed by atoms with Crippen LogP contribution in [-0.4, -0.2) is 29.3 Å². The second-order valence-electron chi connectivity index (χ2n) is 7.05. The minimum atomic E-state index is -0.507. The first-order valence-electron chi connectivity index (χ1n) is 8.66. The first-order chi connectivity index (χ1) is 12.8. The summed E-state index contributed by atoms with van der Waals surface area (Å²) in [4.78, 5) is 39.5. The second kappa shape index (κ2) is 8.93. The number of benzene rings is 1. The van der Waals surface area contributed by atoms with Crippen LogP contribution in [0, 0.1) is 0 Å². The molecule has 1 heterocycles. The maximum atomic E-state index is 12.1. The predicted molar refractivity (Wildman–Crippen MR) is 102 cm³/mol. The largest absolute Gasteiger partial charge is 0.352 e. The van der Waals surface area contributed by atoms with Gasteiger partial charge in [-0.15, -0.1) is 0 Å². The van der Waals surface area contributed by atoms with E-state index in [4.69, 9.17) is 0 Å². The van der Waals surface area contributed by atoms with E-state index in [0.29, 0.717) is 5.56 Å². The quantitative estimate of drug-likeness (QED) is 0.703. The van der Waals surface area contributed by atoms with Gasteiger partial charge in [0.2, 0.25) is 5.91 Å². The van der Waals surface area contributed by atoms with Gasteiger partial charge in [-0.3, -0.25) is 30.2 Å². The fourth-order valence-electron chi connectivity index (χ4n) is 2.26. The molecule has 1 aromatic heterocycles. The molecule has 3 N–H and O–H groups in total. The van der Waals surface area contributed by atoms with E-state index in [2.05, 4.69) is 41.9 Å². The molecule has 0 fully saturated rings. The van der Waals surface area contributed by atoms with Crippen molar-refractivity contribution in [2.45, 2.75) is 32.6 Å². The van der Waals surface area contributed by atoms with Crippen LogP contribution in [0.3, 0.4) is 0 Å². The van der Waals surface area contributed by atoms with Crippen molar-refractivity contribution in [3.8, 4) is 0 Å². The Kier molecular flexibility index (Phi) is 6.65. The van der Waals surface area contributed by atoms with Gasteiger partial charge in [-0.25, -0.2) is 0 Å². The molecule has 7 nitrogen and oxygen atoms in total. The minimum Gasteiger partial charge on any atom is -0.352 e. The SMILES string of the molecule is CC(C)(C)c1ccc(C(=O)NCCC(=O)NNC(=O)c2ccccn2)cc1. The van der Waals surface area contributed by atoms with Gasteiger partial charge >= 0.3 is 0 Å². The monoisotopic (exact) mass is 368 g/mol. The molecule has 1 aromatic carbocycles. The van der Waals surface area contributed by atoms with Crippen LogP contribution >= 0.6 is 0 Å². The highest BCUT2D eigenvalue weighted by Gasteiger charge is 2.14. The Balaban J connectivity index is 1.73. The highest BCUT2D eigenvalue weighted by atomic mass is 16.2. The Labute approximate surface area is 158 Å². The second-order valence-corrected chi connectivity index (χ2v) is 7.05. The maximum Gasteiger partial charge on any atom is 0.288 e. The summed E-state index contributed by atoms with van der Waals surface area (Å²) >= 11 is 0. The molecule has 0 bridgehead atoms. The minimum absolute atomic E-state index is 0.0206. The summed E-state index contributed by atoms with van der Waals surface area (Å²) in [6.45, 7) is 6.47. The number of carbonyl (C=O) groups is 3. The number of nitrogens with one attached hydrogen (secondary N) is 3. The lowest BCUT2D eigenvalue weighted by atomic mass is 9.87. The third kappa shape index (κ3) is 6.22. The molecule has 0 aliphatic carbocycles. The smallest absolute Gasteiger partial charge is 0.288 e. The van der Waals surface area contributed by atoms with Crippen LogP contribution in [0.4, 0.5) is 0 Å². The lowest BCUT2D eigenvalue weighted by molar-refractivity contribution is -0.121. The molecule has 0 aliphatic heterocycles. The number of aromatic nitrogens is 1. The molecule has 3 amide bonds. The molecule has 0 aliphatic rings. The number of carbonyl (C=O) groups excluding carboxylic acids is 3. The average molecular weight is 368 g/mol. The van der Waals surface area contributed by atoms with Gasteiger partial charge in [0.25, 0.3) is 11.8 Å². The number of hydrazine groups is 1. The number of nitrogens with zero attached hydrogens (tertiary/aromatic N) is 1. The van der Waals surface area contributed by atoms with E-state index >= 15 is 0 Å². The van der Waals surface area contributed by atoms with Gasteiger partial charge in [-0.2, -0.15) is 0 Å². The van der Waals surface area contributed by atoms with Crippen molar-refractivity contribution < 1.29 is 14.4 Å². The van der Waals surface area contributed by atoms with Crippen LogP contribution in [0.1, 0.15) is 53.6 Å². The van der Waals surface area contributed by atoms with Gasteiger partial charge in [0, 0.05) is 24.7 Å². The van der Waals surface area contributed by atoms with Gasteiger partial charge in [-0.05, 0) is 35.2 Å². The van der Waals surface area contributed by atoms with Crippen molar-refractivity contribution in [3.05, 3.63) is 65.5 Å². The van der Waals surface area contributed by atoms with Crippen molar-refractivity contribution in [3.63, 3.8) is 0 Å². The molecule has 0 saturated carbocycles. The van der Waals surface area contributed by atoms with Crippen LogP contribution in [-0.2, 0) is 10.2 Å². The highest BCUT2D eigenvalue weighted by molar-refractivity contribution is 5.95. The van der Waals surface area contributed by atoms with Gasteiger partial charge in [0.15, 0.2) is 0 Å². The summed E-state index contributed by atoms with van der Waals surface area (Å²) in [6.07, 6.45) is 1.52. The van der Waals surface area contributed by atoms with Crippen molar-refractivity contribution in [2.75, 3.05) is 6.54 Å². The molecular weight excluding hydrogens is 344 g/mol. The summed E-state index contributed by atoms with van der Waals surface area (Å²) in [5.41, 5.74) is 6.46. The summed E-state index contributed by atoms with van der Waals surface area (Å²) in [5, 5.41) is 2.68. The number of hydrogen-bond donors (Lipinski definition) is 3. The summed E-state index contributed by atoms with van der Waals surface area (Å²) in [5.74, 6) is -1.17. The maximum absolute atomic E-state index is 12.1. The standard InChI is InChI=1S/C20H24N4O3/c1-20(2,3)15-9-7-14(8-10-15)18(26)22-13-11-17(25)23-24-19(27)16-6-4-5-12-21-16/h4-10,12H,11,13H2,1-3H3,(H,22,26)(H,23,25)(H,24,27). The molecule has 27 heavy (non-hydrogen) atoms. The number of pyridine rings is 1. The fraction of sp³-hybridized carbons (Fsp3) is 0.300. The van der Waals surface area contributed by atoms with E-state index in [1.54, 1.807) is 24.3 Å². The number of amides is 3. The van der Waals surface area contributed by atoms with Crippen molar-refractivity contribution >= 4 is 17.7 Å². The van der Waals surface area contributed by atoms with E-state index in [9.17, 15) is 14.4 Å². The van der Waals surface area contributed by atoms with E-state index in [-0.39, 0.29) is 30.0 Å². The molecule has 2 aromatic rings. The molecular formula is C20H24N4O3. The summed E-state index contributed by atoms with van der Waals surface area (Å²) in [7, 11) is 0. The topological polar surface area (TPSA) is 100 Å². The van der Waals surface area contributed by atoms with Crippen LogP contribution < -0.4 is 16.2 Å². The number of rotatable bonds is 5. The lowest BCUT2D eigenvalue weighted by Gasteiger charge is -2.19. The normalized spacial score (nSPS) is 10.8. The Morgan fingerprint density at radius 3 is 2.22 bits per heavy atom. The molecule has 0 atom stereocenters. The Morgan fingerprint density at radius 2 is 1.63 bits per heavy atom. The van der Waals surface area contributed by atoms with Crippen molar-refractivity contribution in [2.24, 2.45) is 0 Å². The van der Waals surface area contributed by atoms with Crippen molar-refractivity contribution in [1.29, 1.82) is 0 Å². The van der Waals surface area contributed by atoms with Gasteiger partial charge in [-0.1, -0.05) is 39.0 Å². The van der Waals surface area contributed by atoms with Gasteiger partial charge in [0.1, 0.15) is 5.69 Å². The Bertz CT molecular complexity index is 796. The average Bonchev–Trinajstić information content (AvgIpc) is 2.66. The molecule has 0 radical (unpaired) electrons. The third-order valence-corrected chi connectivity index (χ3v) is 3.86. The summed E-state index contributed by atoms with van der Waals surface area (Å²) in [6, 6.07) is 12.3. The molecule has 0 saturated heterocycles. The van der Waals surface area contributed by atoms with Crippen LogP contribution in [0.15, 0.2) is 48.7 Å². The first kappa shape index (κ1) is 20.1. The van der Waals surface area contributed by atoms with Crippen LogP contribution in [0.25, 0.3) is 0 Å². The highest BCUT2D eigenvalue weighted by Crippen LogP contribution is 2.22. The third-order valence-electron chi connectivity index (χ3n) is 3.86. The number of hydrogen-bond acceptors (Lipinski definition) is 4. The lowest BCUT2D eigenvalue weighted by Crippen LogP contribution is -2.43. The molecule has 2 rings (SSSR count). The van der Waals surface area contributed by atoms with Gasteiger partial charge < -0.3 is 5.32 Å². The molecule has 142 valence electrons. The van der Waals surface area contributed by atoms with E-state index in [1.165, 1.54) is 12.3 Å². The Hall–Kier alpha value is -3.22. The zero-order valence-electron chi connectivity index (χ0n) is 15.7. The first-order valence-corrected chi connectivity index (χ1v) is 8.66. The van der Waals surface area contributed by atoms with E-state index < -0.39 is 11.8 Å². The molecule has 0 spiro atoms. The van der Waals surface area contributed by atoms with Crippen LogP contribution in [0.5, 0.6) is 0 Å². The predicted octanol–water partition coefficient (Wildman–Crippen LogP) is 1.96. The fourth-order valence-corrected chi connectivity index (χ4v) is 2.26.